The zero-order valence-corrected chi connectivity index (χ0v) is 12.2. The van der Waals surface area contributed by atoms with Crippen LogP contribution in [0.1, 0.15) is 24.1 Å². The number of nitrogens with zero attached hydrogens (tertiary/aromatic N) is 2. The molecule has 1 saturated carbocycles. The highest BCUT2D eigenvalue weighted by Gasteiger charge is 2.43. The molecule has 1 aliphatic carbocycles. The minimum Gasteiger partial charge on any atom is -0.383 e. The van der Waals surface area contributed by atoms with Crippen LogP contribution in [0.3, 0.4) is 0 Å². The molecule has 1 N–H and O–H groups in total. The van der Waals surface area contributed by atoms with Crippen LogP contribution < -0.4 is 5.32 Å². The second-order valence-corrected chi connectivity index (χ2v) is 5.68. The normalized spacial score (nSPS) is 17.1. The Labute approximate surface area is 114 Å². The van der Waals surface area contributed by atoms with Gasteiger partial charge in [-0.15, -0.1) is 0 Å². The summed E-state index contributed by atoms with van der Waals surface area (Å²) in [5.41, 5.74) is 2.67. The fourth-order valence-corrected chi connectivity index (χ4v) is 2.61. The zero-order valence-electron chi connectivity index (χ0n) is 11.4. The van der Waals surface area contributed by atoms with Gasteiger partial charge in [-0.25, -0.2) is 0 Å². The number of ether oxygens (including phenoxy) is 1. The predicted molar refractivity (Wildman–Crippen MR) is 73.1 cm³/mol. The smallest absolute Gasteiger partial charge is 0.130 e. The summed E-state index contributed by atoms with van der Waals surface area (Å²) in [5.74, 6) is 0. The van der Waals surface area contributed by atoms with Crippen molar-refractivity contribution in [3.63, 3.8) is 0 Å². The molecule has 0 unspecified atom stereocenters. The Morgan fingerprint density at radius 3 is 2.72 bits per heavy atom. The van der Waals surface area contributed by atoms with E-state index in [-0.39, 0.29) is 0 Å². The van der Waals surface area contributed by atoms with E-state index in [1.165, 1.54) is 18.4 Å². The Morgan fingerprint density at radius 1 is 1.50 bits per heavy atom. The number of halogens is 1. The van der Waals surface area contributed by atoms with Crippen LogP contribution in [-0.2, 0) is 18.2 Å². The summed E-state index contributed by atoms with van der Waals surface area (Å²) in [5, 5.41) is 8.62. The number of aromatic nitrogens is 2. The number of hydrogen-bond donors (Lipinski definition) is 1. The Balaban J connectivity index is 1.92. The first-order valence-corrected chi connectivity index (χ1v) is 6.83. The van der Waals surface area contributed by atoms with Crippen LogP contribution in [0, 0.1) is 12.3 Å². The molecule has 0 atom stereocenters. The van der Waals surface area contributed by atoms with Gasteiger partial charge in [-0.3, -0.25) is 4.68 Å². The quantitative estimate of drug-likeness (QED) is 0.771. The van der Waals surface area contributed by atoms with Gasteiger partial charge in [-0.2, -0.15) is 5.10 Å². The summed E-state index contributed by atoms with van der Waals surface area (Å²) in [6.07, 6.45) is 3.58. The fraction of sp³-hybridized carbons (Fsp3) is 0.769. The molecule has 1 aliphatic rings. The molecule has 102 valence electrons. The van der Waals surface area contributed by atoms with Gasteiger partial charge in [0.05, 0.1) is 12.3 Å². The monoisotopic (exact) mass is 271 g/mol. The molecule has 0 saturated heterocycles. The summed E-state index contributed by atoms with van der Waals surface area (Å²) >= 11 is 6.29. The molecule has 4 nitrogen and oxygen atoms in total. The molecule has 0 aliphatic heterocycles. The van der Waals surface area contributed by atoms with Gasteiger partial charge in [0.15, 0.2) is 0 Å². The van der Waals surface area contributed by atoms with Gasteiger partial charge in [-0.1, -0.05) is 11.6 Å². The molecule has 2 rings (SSSR count). The average molecular weight is 272 g/mol. The Kier molecular flexibility index (Phi) is 4.30. The van der Waals surface area contributed by atoms with Crippen molar-refractivity contribution in [2.24, 2.45) is 12.5 Å². The van der Waals surface area contributed by atoms with E-state index in [2.05, 4.69) is 10.4 Å². The van der Waals surface area contributed by atoms with Gasteiger partial charge in [0, 0.05) is 32.8 Å². The maximum Gasteiger partial charge on any atom is 0.130 e. The lowest BCUT2D eigenvalue weighted by Crippen LogP contribution is -2.28. The Morgan fingerprint density at radius 2 is 2.22 bits per heavy atom. The summed E-state index contributed by atoms with van der Waals surface area (Å²) in [4.78, 5) is 0. The second-order valence-electron chi connectivity index (χ2n) is 5.32. The van der Waals surface area contributed by atoms with Crippen LogP contribution in [0.15, 0.2) is 0 Å². The molecule has 0 amide bonds. The lowest BCUT2D eigenvalue weighted by Gasteiger charge is -2.16. The van der Waals surface area contributed by atoms with Crippen molar-refractivity contribution in [3.8, 4) is 0 Å². The van der Waals surface area contributed by atoms with Crippen molar-refractivity contribution >= 4 is 11.6 Å². The van der Waals surface area contributed by atoms with E-state index in [9.17, 15) is 0 Å². The summed E-state index contributed by atoms with van der Waals surface area (Å²) in [7, 11) is 3.63. The van der Waals surface area contributed by atoms with Crippen LogP contribution >= 0.6 is 11.6 Å². The predicted octanol–water partition coefficient (Wildman–Crippen LogP) is 1.94. The van der Waals surface area contributed by atoms with E-state index in [1.54, 1.807) is 11.8 Å². The van der Waals surface area contributed by atoms with E-state index in [4.69, 9.17) is 16.3 Å². The highest BCUT2D eigenvalue weighted by atomic mass is 35.5. The van der Waals surface area contributed by atoms with Crippen LogP contribution in [0.25, 0.3) is 0 Å². The van der Waals surface area contributed by atoms with Crippen molar-refractivity contribution < 1.29 is 4.74 Å². The molecule has 0 radical (unpaired) electrons. The van der Waals surface area contributed by atoms with Gasteiger partial charge in [0.25, 0.3) is 0 Å². The average Bonchev–Trinajstić information content (AvgIpc) is 3.06. The van der Waals surface area contributed by atoms with Gasteiger partial charge in [-0.05, 0) is 31.6 Å². The van der Waals surface area contributed by atoms with Crippen LogP contribution in [-0.4, -0.2) is 36.6 Å². The molecule has 0 bridgehead atoms. The Hall–Kier alpha value is -0.580. The van der Waals surface area contributed by atoms with Crippen LogP contribution in [0.4, 0.5) is 0 Å². The van der Waals surface area contributed by atoms with Crippen molar-refractivity contribution in [1.29, 1.82) is 0 Å². The van der Waals surface area contributed by atoms with E-state index < -0.39 is 0 Å². The van der Waals surface area contributed by atoms with E-state index >= 15 is 0 Å². The van der Waals surface area contributed by atoms with Crippen LogP contribution in [0.2, 0.25) is 5.15 Å². The first-order valence-electron chi connectivity index (χ1n) is 6.46. The lowest BCUT2D eigenvalue weighted by atomic mass is 9.97. The molecular formula is C13H22ClN3O. The second kappa shape index (κ2) is 5.59. The molecule has 1 fully saturated rings. The maximum atomic E-state index is 6.29. The van der Waals surface area contributed by atoms with Gasteiger partial charge >= 0.3 is 0 Å². The maximum absolute atomic E-state index is 6.29. The highest BCUT2D eigenvalue weighted by Crippen LogP contribution is 2.48. The largest absolute Gasteiger partial charge is 0.383 e. The standard InChI is InChI=1S/C13H22ClN3O/c1-10-11(12(14)17(2)16-10)8-13(4-5-13)9-15-6-7-18-3/h15H,4-9H2,1-3H3. The van der Waals surface area contributed by atoms with E-state index in [0.29, 0.717) is 5.41 Å². The number of hydrogen-bond acceptors (Lipinski definition) is 3. The van der Waals surface area contributed by atoms with Crippen LogP contribution in [0.5, 0.6) is 0 Å². The lowest BCUT2D eigenvalue weighted by molar-refractivity contribution is 0.197. The third kappa shape index (κ3) is 3.05. The SMILES string of the molecule is COCCNCC1(Cc2c(C)nn(C)c2Cl)CC1. The first-order chi connectivity index (χ1) is 8.58. The van der Waals surface area contributed by atoms with Crippen molar-refractivity contribution in [3.05, 3.63) is 16.4 Å². The zero-order chi connectivity index (χ0) is 13.2. The summed E-state index contributed by atoms with van der Waals surface area (Å²) in [6.45, 7) is 4.76. The molecule has 18 heavy (non-hydrogen) atoms. The molecule has 0 aromatic carbocycles. The molecule has 0 spiro atoms. The van der Waals surface area contributed by atoms with Gasteiger partial charge < -0.3 is 10.1 Å². The Bertz CT molecular complexity index is 413. The number of aryl methyl sites for hydroxylation is 2. The summed E-state index contributed by atoms with van der Waals surface area (Å²) in [6, 6.07) is 0. The van der Waals surface area contributed by atoms with Gasteiger partial charge in [0.1, 0.15) is 5.15 Å². The third-order valence-electron chi connectivity index (χ3n) is 3.76. The topological polar surface area (TPSA) is 39.1 Å². The molecule has 1 aromatic heterocycles. The van der Waals surface area contributed by atoms with Gasteiger partial charge in [0.2, 0.25) is 0 Å². The summed E-state index contributed by atoms with van der Waals surface area (Å²) < 4.78 is 6.80. The molecule has 5 heteroatoms. The number of rotatable bonds is 7. The molecule has 1 aromatic rings. The third-order valence-corrected chi connectivity index (χ3v) is 4.23. The first kappa shape index (κ1) is 13.8. The van der Waals surface area contributed by atoms with E-state index in [1.807, 2.05) is 14.0 Å². The number of methoxy groups -OCH3 is 1. The number of nitrogens with one attached hydrogen (secondary N) is 1. The molecule has 1 heterocycles. The fourth-order valence-electron chi connectivity index (χ4n) is 2.37. The van der Waals surface area contributed by atoms with Crippen molar-refractivity contribution in [1.82, 2.24) is 15.1 Å². The molecular weight excluding hydrogens is 250 g/mol. The highest BCUT2D eigenvalue weighted by molar-refractivity contribution is 6.30. The minimum absolute atomic E-state index is 0.394. The van der Waals surface area contributed by atoms with Crippen molar-refractivity contribution in [2.75, 3.05) is 26.8 Å². The van der Waals surface area contributed by atoms with E-state index in [0.717, 1.165) is 37.0 Å². The van der Waals surface area contributed by atoms with Crippen molar-refractivity contribution in [2.45, 2.75) is 26.2 Å². The minimum atomic E-state index is 0.394.